The summed E-state index contributed by atoms with van der Waals surface area (Å²) in [7, 11) is 0. The van der Waals surface area contributed by atoms with Crippen LogP contribution in [0.25, 0.3) is 0 Å². The van der Waals surface area contributed by atoms with Crippen molar-refractivity contribution in [3.8, 4) is 0 Å². The van der Waals surface area contributed by atoms with Crippen LogP contribution in [0.15, 0.2) is 0 Å². The fourth-order valence-corrected chi connectivity index (χ4v) is 0.203. The molecule has 0 radical (unpaired) electrons. The number of hydrogen-bond acceptors (Lipinski definition) is 4. The van der Waals surface area contributed by atoms with Crippen molar-refractivity contribution in [2.75, 3.05) is 18.6 Å². The molecule has 0 saturated carbocycles. The highest BCUT2D eigenvalue weighted by Gasteiger charge is 1.81. The normalized spacial score (nSPS) is 6.27. The van der Waals surface area contributed by atoms with Gasteiger partial charge in [-0.05, 0) is 13.8 Å². The number of carbonyl (C=O) groups excluding carboxylic acids is 1. The molecule has 5 nitrogen and oxygen atoms in total. The summed E-state index contributed by atoms with van der Waals surface area (Å²) in [5.74, 6) is -0.211. The van der Waals surface area contributed by atoms with Crippen molar-refractivity contribution in [2.24, 2.45) is 0 Å². The van der Waals surface area contributed by atoms with Gasteiger partial charge in [0.25, 0.3) is 6.47 Å². The fraction of sp³-hybridized carbons (Fsp3) is 0.750. The minimum atomic E-state index is -0.250. The van der Waals surface area contributed by atoms with Crippen molar-refractivity contribution in [2.45, 2.75) is 20.8 Å². The zero-order chi connectivity index (χ0) is 13.1. The maximum atomic E-state index is 9.82. The number of alkyl halides is 2. The average molecular weight is 265 g/mol. The molecule has 0 atom stereocenters. The molecule has 7 heteroatoms. The van der Waals surface area contributed by atoms with E-state index in [1.807, 2.05) is 0 Å². The second-order valence-electron chi connectivity index (χ2n) is 1.45. The largest absolute Gasteiger partial charge is 0.483 e. The third-order valence-corrected chi connectivity index (χ3v) is 0.348. The highest BCUT2D eigenvalue weighted by molar-refractivity contribution is 6.40. The van der Waals surface area contributed by atoms with Crippen LogP contribution in [0.5, 0.6) is 0 Å². The molecule has 94 valence electrons. The summed E-state index contributed by atoms with van der Waals surface area (Å²) in [5.41, 5.74) is 0. The standard InChI is InChI=1S/C4H8O2.C2H6O.CH2Cl2.CH2O2/c1-3-6-4(2)5;1-2-3;2*2-1-3/h3H2,1-2H3;3H,2H2,1H3;1H2;1H,(H,2,3). The topological polar surface area (TPSA) is 83.8 Å². The Morgan fingerprint density at radius 3 is 1.60 bits per heavy atom. The SMILES string of the molecule is CCO.CCOC(C)=O.ClCCl.O=CO. The number of carboxylic acid groups (broad SMARTS) is 1. The predicted molar refractivity (Wildman–Crippen MR) is 60.3 cm³/mol. The Labute approximate surface area is 99.9 Å². The van der Waals surface area contributed by atoms with E-state index in [1.54, 1.807) is 13.8 Å². The summed E-state index contributed by atoms with van der Waals surface area (Å²) < 4.78 is 4.40. The lowest BCUT2D eigenvalue weighted by atomic mass is 10.8. The zero-order valence-electron chi connectivity index (χ0n) is 9.07. The highest BCUT2D eigenvalue weighted by atomic mass is 35.5. The molecule has 0 fully saturated rings. The lowest BCUT2D eigenvalue weighted by Crippen LogP contribution is -1.95. The molecule has 2 N–H and O–H groups in total. The molecule has 0 aromatic heterocycles. The summed E-state index contributed by atoms with van der Waals surface area (Å²) in [6.07, 6.45) is 0. The molecule has 0 aromatic carbocycles. The van der Waals surface area contributed by atoms with E-state index >= 15 is 0 Å². The van der Waals surface area contributed by atoms with E-state index < -0.39 is 0 Å². The van der Waals surface area contributed by atoms with Crippen molar-refractivity contribution in [3.05, 3.63) is 0 Å². The molecule has 0 spiro atoms. The van der Waals surface area contributed by atoms with Gasteiger partial charge in [0.05, 0.1) is 11.9 Å². The number of aliphatic hydroxyl groups excluding tert-OH is 1. The summed E-state index contributed by atoms with van der Waals surface area (Å²) in [6.45, 7) is 5.33. The Balaban J connectivity index is -0.0000000581. The molecule has 0 amide bonds. The molecule has 0 aromatic rings. The van der Waals surface area contributed by atoms with Crippen LogP contribution >= 0.6 is 23.2 Å². The van der Waals surface area contributed by atoms with Crippen molar-refractivity contribution in [1.29, 1.82) is 0 Å². The number of hydrogen-bond donors (Lipinski definition) is 2. The van der Waals surface area contributed by atoms with E-state index in [0.29, 0.717) is 6.61 Å². The van der Waals surface area contributed by atoms with Gasteiger partial charge in [0.15, 0.2) is 0 Å². The van der Waals surface area contributed by atoms with E-state index in [4.69, 9.17) is 38.2 Å². The third-order valence-electron chi connectivity index (χ3n) is 0.348. The molecule has 15 heavy (non-hydrogen) atoms. The first kappa shape index (κ1) is 24.0. The van der Waals surface area contributed by atoms with E-state index in [-0.39, 0.29) is 24.4 Å². The Bertz CT molecular complexity index is 109. The number of aliphatic hydroxyl groups is 1. The third kappa shape index (κ3) is 289. The molecule has 0 rings (SSSR count). The van der Waals surface area contributed by atoms with Gasteiger partial charge >= 0.3 is 5.97 Å². The summed E-state index contributed by atoms with van der Waals surface area (Å²) >= 11 is 9.53. The van der Waals surface area contributed by atoms with Crippen LogP contribution in [0.4, 0.5) is 0 Å². The fourth-order valence-electron chi connectivity index (χ4n) is 0.203. The molecule has 0 unspecified atom stereocenters. The Hall–Kier alpha value is -0.520. The van der Waals surface area contributed by atoms with E-state index in [2.05, 4.69) is 4.74 Å². The van der Waals surface area contributed by atoms with E-state index in [1.165, 1.54) is 6.92 Å². The summed E-state index contributed by atoms with van der Waals surface area (Å²) in [5, 5.41) is 14.7. The van der Waals surface area contributed by atoms with Gasteiger partial charge in [-0.25, -0.2) is 0 Å². The smallest absolute Gasteiger partial charge is 0.302 e. The molecule has 0 saturated heterocycles. The van der Waals surface area contributed by atoms with Crippen LogP contribution in [0.1, 0.15) is 20.8 Å². The van der Waals surface area contributed by atoms with Gasteiger partial charge < -0.3 is 14.9 Å². The van der Waals surface area contributed by atoms with Gasteiger partial charge in [0, 0.05) is 13.5 Å². The van der Waals surface area contributed by atoms with Gasteiger partial charge in [-0.1, -0.05) is 0 Å². The number of rotatable bonds is 1. The first-order chi connectivity index (χ1) is 7.01. The Kier molecular flexibility index (Phi) is 59.9. The van der Waals surface area contributed by atoms with Crippen LogP contribution in [0.2, 0.25) is 0 Å². The Morgan fingerprint density at radius 1 is 1.40 bits per heavy atom. The minimum Gasteiger partial charge on any atom is -0.483 e. The van der Waals surface area contributed by atoms with Crippen molar-refractivity contribution < 1.29 is 24.5 Å². The van der Waals surface area contributed by atoms with Crippen LogP contribution in [-0.2, 0) is 14.3 Å². The van der Waals surface area contributed by atoms with Gasteiger partial charge in [-0.3, -0.25) is 9.59 Å². The number of carbonyl (C=O) groups is 2. The molecule has 0 heterocycles. The van der Waals surface area contributed by atoms with Crippen molar-refractivity contribution in [1.82, 2.24) is 0 Å². The monoisotopic (exact) mass is 264 g/mol. The molecular formula is C8H18Cl2O5. The van der Waals surface area contributed by atoms with Crippen molar-refractivity contribution >= 4 is 35.6 Å². The second kappa shape index (κ2) is 37.5. The molecular weight excluding hydrogens is 247 g/mol. The van der Waals surface area contributed by atoms with Gasteiger partial charge in [-0.15, -0.1) is 23.2 Å². The zero-order valence-corrected chi connectivity index (χ0v) is 10.6. The number of esters is 1. The quantitative estimate of drug-likeness (QED) is 0.428. The van der Waals surface area contributed by atoms with Crippen LogP contribution in [0, 0.1) is 0 Å². The number of ether oxygens (including phenoxy) is 1. The first-order valence-corrected chi connectivity index (χ1v) is 5.02. The van der Waals surface area contributed by atoms with Crippen LogP contribution in [-0.4, -0.2) is 41.2 Å². The van der Waals surface area contributed by atoms with E-state index in [9.17, 15) is 4.79 Å². The van der Waals surface area contributed by atoms with Gasteiger partial charge in [0.1, 0.15) is 0 Å². The van der Waals surface area contributed by atoms with Gasteiger partial charge in [-0.2, -0.15) is 0 Å². The molecule has 0 aliphatic carbocycles. The van der Waals surface area contributed by atoms with Crippen LogP contribution in [0.3, 0.4) is 0 Å². The Morgan fingerprint density at radius 2 is 1.60 bits per heavy atom. The maximum absolute atomic E-state index is 9.82. The van der Waals surface area contributed by atoms with Crippen molar-refractivity contribution in [3.63, 3.8) is 0 Å². The maximum Gasteiger partial charge on any atom is 0.302 e. The molecule has 0 aliphatic heterocycles. The molecule has 0 aliphatic rings. The lowest BCUT2D eigenvalue weighted by Gasteiger charge is -1.89. The first-order valence-electron chi connectivity index (χ1n) is 3.96. The van der Waals surface area contributed by atoms with Gasteiger partial charge in [0.2, 0.25) is 0 Å². The van der Waals surface area contributed by atoms with Crippen LogP contribution < -0.4 is 0 Å². The lowest BCUT2D eigenvalue weighted by molar-refractivity contribution is -0.140. The van der Waals surface area contributed by atoms with E-state index in [0.717, 1.165) is 0 Å². The second-order valence-corrected chi connectivity index (χ2v) is 2.26. The summed E-state index contributed by atoms with van der Waals surface area (Å²) in [6, 6.07) is 0. The highest BCUT2D eigenvalue weighted by Crippen LogP contribution is 1.73. The molecule has 0 bridgehead atoms. The summed E-state index contributed by atoms with van der Waals surface area (Å²) in [4.78, 5) is 18.2. The number of halogens is 2. The minimum absolute atomic E-state index is 0.194. The average Bonchev–Trinajstić information content (AvgIpc) is 2.07. The predicted octanol–water partition coefficient (Wildman–Crippen LogP) is 1.69.